The second-order valence-electron chi connectivity index (χ2n) is 6.73. The van der Waals surface area contributed by atoms with Crippen LogP contribution in [-0.2, 0) is 24.3 Å². The van der Waals surface area contributed by atoms with Gasteiger partial charge in [-0.05, 0) is 34.9 Å². The van der Waals surface area contributed by atoms with E-state index in [2.05, 4.69) is 5.32 Å². The van der Waals surface area contributed by atoms with Crippen molar-refractivity contribution in [3.05, 3.63) is 101 Å². The molecule has 0 spiro atoms. The van der Waals surface area contributed by atoms with Crippen molar-refractivity contribution in [3.8, 4) is 0 Å². The molecule has 0 bridgehead atoms. The fourth-order valence-electron chi connectivity index (χ4n) is 3.38. The molecule has 0 saturated heterocycles. The predicted octanol–water partition coefficient (Wildman–Crippen LogP) is 4.02. The second kappa shape index (κ2) is 7.46. The van der Waals surface area contributed by atoms with Crippen molar-refractivity contribution in [1.29, 1.82) is 0 Å². The number of fused-ring (bicyclic) bond motifs is 1. The highest BCUT2D eigenvalue weighted by atomic mass is 16.2. The van der Waals surface area contributed by atoms with Crippen LogP contribution in [0.15, 0.2) is 78.9 Å². The first-order chi connectivity index (χ1) is 13.2. The first kappa shape index (κ1) is 17.0. The summed E-state index contributed by atoms with van der Waals surface area (Å²) >= 11 is 0. The van der Waals surface area contributed by atoms with Gasteiger partial charge in [0.05, 0.1) is 6.42 Å². The molecule has 0 radical (unpaired) electrons. The van der Waals surface area contributed by atoms with Crippen LogP contribution in [0.5, 0.6) is 0 Å². The summed E-state index contributed by atoms with van der Waals surface area (Å²) in [6.45, 7) is 1.15. The fourth-order valence-corrected chi connectivity index (χ4v) is 3.38. The number of hydrogen-bond donors (Lipinski definition) is 1. The van der Waals surface area contributed by atoms with Crippen molar-refractivity contribution in [3.63, 3.8) is 0 Å². The molecular formula is C23H20N2O2. The molecule has 1 aliphatic rings. The SMILES string of the molecule is O=C(Cc1ccccc1)Nc1ccc2c(c1)CN(Cc1ccccc1)C2=O. The van der Waals surface area contributed by atoms with Gasteiger partial charge in [-0.3, -0.25) is 9.59 Å². The van der Waals surface area contributed by atoms with Crippen molar-refractivity contribution in [1.82, 2.24) is 4.90 Å². The molecule has 0 aliphatic carbocycles. The molecule has 0 fully saturated rings. The van der Waals surface area contributed by atoms with E-state index in [1.54, 1.807) is 12.1 Å². The van der Waals surface area contributed by atoms with E-state index in [0.717, 1.165) is 22.4 Å². The highest BCUT2D eigenvalue weighted by Gasteiger charge is 2.27. The summed E-state index contributed by atoms with van der Waals surface area (Å²) in [7, 11) is 0. The number of benzene rings is 3. The van der Waals surface area contributed by atoms with E-state index < -0.39 is 0 Å². The van der Waals surface area contributed by atoms with E-state index in [9.17, 15) is 9.59 Å². The molecule has 0 aromatic heterocycles. The Balaban J connectivity index is 1.43. The van der Waals surface area contributed by atoms with Gasteiger partial charge in [-0.1, -0.05) is 60.7 Å². The Labute approximate surface area is 158 Å². The molecule has 0 unspecified atom stereocenters. The highest BCUT2D eigenvalue weighted by molar-refractivity contribution is 5.99. The third-order valence-electron chi connectivity index (χ3n) is 4.69. The van der Waals surface area contributed by atoms with Crippen molar-refractivity contribution in [2.45, 2.75) is 19.5 Å². The number of rotatable bonds is 5. The van der Waals surface area contributed by atoms with Crippen molar-refractivity contribution < 1.29 is 9.59 Å². The maximum atomic E-state index is 12.6. The lowest BCUT2D eigenvalue weighted by Gasteiger charge is -2.15. The lowest BCUT2D eigenvalue weighted by atomic mass is 10.1. The number of anilines is 1. The Hall–Kier alpha value is -3.40. The minimum atomic E-state index is -0.0633. The maximum Gasteiger partial charge on any atom is 0.254 e. The first-order valence-corrected chi connectivity index (χ1v) is 8.99. The van der Waals surface area contributed by atoms with E-state index in [-0.39, 0.29) is 11.8 Å². The van der Waals surface area contributed by atoms with E-state index in [1.807, 2.05) is 71.6 Å². The lowest BCUT2D eigenvalue weighted by molar-refractivity contribution is -0.115. The minimum Gasteiger partial charge on any atom is -0.330 e. The van der Waals surface area contributed by atoms with Gasteiger partial charge < -0.3 is 10.2 Å². The number of nitrogens with one attached hydrogen (secondary N) is 1. The Morgan fingerprint density at radius 1 is 0.889 bits per heavy atom. The van der Waals surface area contributed by atoms with Crippen LogP contribution in [0.3, 0.4) is 0 Å². The molecule has 0 atom stereocenters. The molecule has 1 heterocycles. The zero-order valence-corrected chi connectivity index (χ0v) is 14.9. The summed E-state index contributed by atoms with van der Waals surface area (Å²) in [5.74, 6) is -0.0253. The van der Waals surface area contributed by atoms with Crippen molar-refractivity contribution in [2.24, 2.45) is 0 Å². The predicted molar refractivity (Wildman–Crippen MR) is 105 cm³/mol. The summed E-state index contributed by atoms with van der Waals surface area (Å²) in [4.78, 5) is 26.7. The van der Waals surface area contributed by atoms with Gasteiger partial charge in [0.2, 0.25) is 5.91 Å². The zero-order valence-electron chi connectivity index (χ0n) is 14.9. The van der Waals surface area contributed by atoms with Gasteiger partial charge in [0, 0.05) is 24.3 Å². The van der Waals surface area contributed by atoms with Gasteiger partial charge in [0.25, 0.3) is 5.91 Å². The Morgan fingerprint density at radius 2 is 1.56 bits per heavy atom. The van der Waals surface area contributed by atoms with E-state index in [4.69, 9.17) is 0 Å². The normalized spacial score (nSPS) is 12.7. The molecule has 2 amide bonds. The molecule has 4 rings (SSSR count). The summed E-state index contributed by atoms with van der Waals surface area (Å²) in [5.41, 5.74) is 4.47. The van der Waals surface area contributed by atoms with Gasteiger partial charge in [-0.25, -0.2) is 0 Å². The molecule has 27 heavy (non-hydrogen) atoms. The molecule has 1 aliphatic heterocycles. The molecule has 3 aromatic rings. The number of carbonyl (C=O) groups is 2. The molecule has 1 N–H and O–H groups in total. The lowest BCUT2D eigenvalue weighted by Crippen LogP contribution is -2.23. The summed E-state index contributed by atoms with van der Waals surface area (Å²) in [6, 6.07) is 25.1. The zero-order chi connectivity index (χ0) is 18.6. The molecule has 4 heteroatoms. The van der Waals surface area contributed by atoms with Gasteiger partial charge in [0.15, 0.2) is 0 Å². The van der Waals surface area contributed by atoms with E-state index in [0.29, 0.717) is 25.1 Å². The molecular weight excluding hydrogens is 336 g/mol. The van der Waals surface area contributed by atoms with Crippen LogP contribution in [0.2, 0.25) is 0 Å². The molecule has 134 valence electrons. The maximum absolute atomic E-state index is 12.6. The summed E-state index contributed by atoms with van der Waals surface area (Å²) in [5, 5.41) is 2.93. The van der Waals surface area contributed by atoms with Crippen molar-refractivity contribution in [2.75, 3.05) is 5.32 Å². The van der Waals surface area contributed by atoms with Gasteiger partial charge in [-0.15, -0.1) is 0 Å². The van der Waals surface area contributed by atoms with Gasteiger partial charge in [0.1, 0.15) is 0 Å². The van der Waals surface area contributed by atoms with Crippen molar-refractivity contribution >= 4 is 17.5 Å². The Morgan fingerprint density at radius 3 is 2.26 bits per heavy atom. The number of nitrogens with zero attached hydrogens (tertiary/aromatic N) is 1. The average Bonchev–Trinajstić information content (AvgIpc) is 2.98. The topological polar surface area (TPSA) is 49.4 Å². The third kappa shape index (κ3) is 3.90. The minimum absolute atomic E-state index is 0.0380. The largest absolute Gasteiger partial charge is 0.330 e. The Bertz CT molecular complexity index is 968. The molecule has 0 saturated carbocycles. The van der Waals surface area contributed by atoms with Crippen LogP contribution in [0.1, 0.15) is 27.0 Å². The van der Waals surface area contributed by atoms with Crippen LogP contribution in [0.4, 0.5) is 5.69 Å². The Kier molecular flexibility index (Phi) is 4.71. The van der Waals surface area contributed by atoms with E-state index >= 15 is 0 Å². The highest BCUT2D eigenvalue weighted by Crippen LogP contribution is 2.27. The molecule has 3 aromatic carbocycles. The second-order valence-corrected chi connectivity index (χ2v) is 6.73. The standard InChI is InChI=1S/C23H20N2O2/c26-22(13-17-7-3-1-4-8-17)24-20-11-12-21-19(14-20)16-25(23(21)27)15-18-9-5-2-6-10-18/h1-12,14H,13,15-16H2,(H,24,26). The van der Waals surface area contributed by atoms with Crippen LogP contribution in [-0.4, -0.2) is 16.7 Å². The van der Waals surface area contributed by atoms with Crippen LogP contribution in [0, 0.1) is 0 Å². The van der Waals surface area contributed by atoms with Crippen LogP contribution < -0.4 is 5.32 Å². The number of amides is 2. The number of carbonyl (C=O) groups excluding carboxylic acids is 2. The fraction of sp³-hybridized carbons (Fsp3) is 0.130. The summed E-state index contributed by atoms with van der Waals surface area (Å²) in [6.07, 6.45) is 0.330. The van der Waals surface area contributed by atoms with E-state index in [1.165, 1.54) is 0 Å². The van der Waals surface area contributed by atoms with Gasteiger partial charge in [-0.2, -0.15) is 0 Å². The quantitative estimate of drug-likeness (QED) is 0.750. The third-order valence-corrected chi connectivity index (χ3v) is 4.69. The first-order valence-electron chi connectivity index (χ1n) is 8.99. The smallest absolute Gasteiger partial charge is 0.254 e. The number of hydrogen-bond acceptors (Lipinski definition) is 2. The van der Waals surface area contributed by atoms with Crippen LogP contribution >= 0.6 is 0 Å². The van der Waals surface area contributed by atoms with Gasteiger partial charge >= 0.3 is 0 Å². The average molecular weight is 356 g/mol. The van der Waals surface area contributed by atoms with Crippen LogP contribution in [0.25, 0.3) is 0 Å². The molecule has 4 nitrogen and oxygen atoms in total. The monoisotopic (exact) mass is 356 g/mol. The summed E-state index contributed by atoms with van der Waals surface area (Å²) < 4.78 is 0.